The fourth-order valence-electron chi connectivity index (χ4n) is 1.02. The van der Waals surface area contributed by atoms with Gasteiger partial charge in [0, 0.05) is 18.4 Å². The van der Waals surface area contributed by atoms with E-state index in [0.29, 0.717) is 0 Å². The molecule has 1 N–H and O–H groups in total. The van der Waals surface area contributed by atoms with Crippen LogP contribution in [0.2, 0.25) is 0 Å². The Kier molecular flexibility index (Phi) is 3.86. The van der Waals surface area contributed by atoms with Gasteiger partial charge in [-0.3, -0.25) is 4.98 Å². The molecule has 0 spiro atoms. The average Bonchev–Trinajstić information content (AvgIpc) is 2.19. The minimum atomic E-state index is -3.37. The van der Waals surface area contributed by atoms with Crippen molar-refractivity contribution in [2.75, 3.05) is 5.21 Å². The van der Waals surface area contributed by atoms with E-state index in [9.17, 15) is 8.42 Å². The Bertz CT molecular complexity index is 380. The van der Waals surface area contributed by atoms with E-state index in [-0.39, 0.29) is 6.04 Å². The third-order valence-electron chi connectivity index (χ3n) is 1.71. The average molecular weight is 235 g/mol. The topological polar surface area (TPSA) is 59.1 Å². The van der Waals surface area contributed by atoms with Crippen molar-refractivity contribution < 1.29 is 8.42 Å². The lowest BCUT2D eigenvalue weighted by molar-refractivity contribution is 0.571. The van der Waals surface area contributed by atoms with Crippen LogP contribution in [0.25, 0.3) is 0 Å². The number of aromatic nitrogens is 1. The molecule has 0 aliphatic rings. The molecule has 0 radical (unpaired) electrons. The Morgan fingerprint density at radius 1 is 1.50 bits per heavy atom. The van der Waals surface area contributed by atoms with Crippen molar-refractivity contribution in [3.05, 3.63) is 30.1 Å². The zero-order chi connectivity index (χ0) is 10.6. The van der Waals surface area contributed by atoms with E-state index in [1.54, 1.807) is 31.5 Å². The molecule has 0 bridgehead atoms. The van der Waals surface area contributed by atoms with Crippen LogP contribution in [-0.4, -0.2) is 18.6 Å². The number of sulfonamides is 1. The molecule has 0 saturated heterocycles. The van der Waals surface area contributed by atoms with Gasteiger partial charge in [-0.2, -0.15) is 0 Å². The molecule has 0 saturated carbocycles. The van der Waals surface area contributed by atoms with E-state index in [1.807, 2.05) is 0 Å². The Labute approximate surface area is 88.4 Å². The normalized spacial score (nSPS) is 13.9. The number of alkyl halides is 1. The van der Waals surface area contributed by atoms with E-state index < -0.39 is 15.2 Å². The molecule has 1 aromatic heterocycles. The maximum atomic E-state index is 11.1. The number of rotatable bonds is 4. The number of nitrogens with zero attached hydrogens (tertiary/aromatic N) is 1. The highest BCUT2D eigenvalue weighted by Gasteiger charge is 2.13. The molecule has 6 heteroatoms. The summed E-state index contributed by atoms with van der Waals surface area (Å²) in [5.41, 5.74) is 0.855. The van der Waals surface area contributed by atoms with Crippen molar-refractivity contribution in [2.24, 2.45) is 0 Å². The van der Waals surface area contributed by atoms with Gasteiger partial charge in [-0.1, -0.05) is 0 Å². The van der Waals surface area contributed by atoms with Gasteiger partial charge in [0.2, 0.25) is 10.0 Å². The van der Waals surface area contributed by atoms with Crippen LogP contribution >= 0.6 is 11.6 Å². The van der Waals surface area contributed by atoms with Gasteiger partial charge < -0.3 is 0 Å². The Morgan fingerprint density at radius 2 is 2.07 bits per heavy atom. The summed E-state index contributed by atoms with van der Waals surface area (Å²) in [6, 6.07) is 3.21. The van der Waals surface area contributed by atoms with E-state index >= 15 is 0 Å². The van der Waals surface area contributed by atoms with Crippen molar-refractivity contribution in [3.8, 4) is 0 Å². The van der Waals surface area contributed by atoms with Crippen LogP contribution in [0, 0.1) is 0 Å². The second-order valence-electron chi connectivity index (χ2n) is 2.84. The summed E-state index contributed by atoms with van der Waals surface area (Å²) in [4.78, 5) is 3.84. The van der Waals surface area contributed by atoms with Gasteiger partial charge in [-0.15, -0.1) is 11.6 Å². The first-order valence-electron chi connectivity index (χ1n) is 4.01. The second-order valence-corrected chi connectivity index (χ2v) is 5.18. The third-order valence-corrected chi connectivity index (χ3v) is 3.57. The molecule has 0 aliphatic carbocycles. The van der Waals surface area contributed by atoms with Crippen LogP contribution in [0.1, 0.15) is 18.5 Å². The van der Waals surface area contributed by atoms with Gasteiger partial charge in [0.25, 0.3) is 0 Å². The molecule has 14 heavy (non-hydrogen) atoms. The number of nitrogens with one attached hydrogen (secondary N) is 1. The molecule has 0 fully saturated rings. The lowest BCUT2D eigenvalue weighted by Crippen LogP contribution is -2.27. The predicted octanol–water partition coefficient (Wildman–Crippen LogP) is 1.26. The van der Waals surface area contributed by atoms with Gasteiger partial charge in [-0.25, -0.2) is 13.1 Å². The van der Waals surface area contributed by atoms with Gasteiger partial charge >= 0.3 is 0 Å². The molecule has 4 nitrogen and oxygen atoms in total. The standard InChI is InChI=1S/C8H11ClN2O2S/c1-7(11-14(12,13)6-9)8-2-4-10-5-3-8/h2-5,7,11H,6H2,1H3/t7-/m1/s1. The Balaban J connectivity index is 2.74. The largest absolute Gasteiger partial charge is 0.265 e. The van der Waals surface area contributed by atoms with E-state index in [0.717, 1.165) is 5.56 Å². The van der Waals surface area contributed by atoms with Gasteiger partial charge in [0.1, 0.15) is 5.21 Å². The monoisotopic (exact) mass is 234 g/mol. The smallest absolute Gasteiger partial charge is 0.226 e. The van der Waals surface area contributed by atoms with Gasteiger partial charge in [0.15, 0.2) is 0 Å². The first-order chi connectivity index (χ1) is 6.55. The minimum Gasteiger partial charge on any atom is -0.265 e. The van der Waals surface area contributed by atoms with Crippen molar-refractivity contribution in [1.82, 2.24) is 9.71 Å². The van der Waals surface area contributed by atoms with E-state index in [2.05, 4.69) is 9.71 Å². The molecule has 0 unspecified atom stereocenters. The van der Waals surface area contributed by atoms with Crippen LogP contribution in [0.5, 0.6) is 0 Å². The lowest BCUT2D eigenvalue weighted by atomic mass is 10.1. The van der Waals surface area contributed by atoms with Gasteiger partial charge in [0.05, 0.1) is 0 Å². The SMILES string of the molecule is C[C@@H](NS(=O)(=O)CCl)c1ccncc1. The van der Waals surface area contributed by atoms with Gasteiger partial charge in [-0.05, 0) is 24.6 Å². The summed E-state index contributed by atoms with van der Waals surface area (Å²) in [7, 11) is -3.37. The van der Waals surface area contributed by atoms with Crippen LogP contribution in [0.3, 0.4) is 0 Å². The molecular formula is C8H11ClN2O2S. The molecule has 1 atom stereocenters. The Morgan fingerprint density at radius 3 is 2.57 bits per heavy atom. The van der Waals surface area contributed by atoms with Crippen LogP contribution in [0.15, 0.2) is 24.5 Å². The van der Waals surface area contributed by atoms with Crippen LogP contribution in [-0.2, 0) is 10.0 Å². The summed E-state index contributed by atoms with van der Waals surface area (Å²) in [5.74, 6) is 0. The molecule has 0 amide bonds. The number of pyridine rings is 1. The summed E-state index contributed by atoms with van der Waals surface area (Å²) in [5, 5.41) is -0.428. The Hall–Kier alpha value is -0.650. The van der Waals surface area contributed by atoms with Crippen LogP contribution in [0.4, 0.5) is 0 Å². The lowest BCUT2D eigenvalue weighted by Gasteiger charge is -2.12. The molecule has 0 aliphatic heterocycles. The van der Waals surface area contributed by atoms with Crippen molar-refractivity contribution in [2.45, 2.75) is 13.0 Å². The molecule has 1 heterocycles. The van der Waals surface area contributed by atoms with E-state index in [1.165, 1.54) is 0 Å². The highest BCUT2D eigenvalue weighted by Crippen LogP contribution is 2.11. The molecule has 1 aromatic rings. The van der Waals surface area contributed by atoms with Crippen LogP contribution < -0.4 is 4.72 Å². The van der Waals surface area contributed by atoms with Crippen molar-refractivity contribution in [3.63, 3.8) is 0 Å². The molecular weight excluding hydrogens is 224 g/mol. The summed E-state index contributed by atoms with van der Waals surface area (Å²) >= 11 is 5.26. The number of hydrogen-bond acceptors (Lipinski definition) is 3. The zero-order valence-corrected chi connectivity index (χ0v) is 9.22. The number of halogens is 1. The third kappa shape index (κ3) is 3.25. The fraction of sp³-hybridized carbons (Fsp3) is 0.375. The van der Waals surface area contributed by atoms with Crippen molar-refractivity contribution >= 4 is 21.6 Å². The second kappa shape index (κ2) is 4.72. The predicted molar refractivity (Wildman–Crippen MR) is 55.4 cm³/mol. The van der Waals surface area contributed by atoms with Crippen molar-refractivity contribution in [1.29, 1.82) is 0 Å². The highest BCUT2D eigenvalue weighted by atomic mass is 35.5. The fourth-order valence-corrected chi connectivity index (χ4v) is 1.95. The quantitative estimate of drug-likeness (QED) is 0.798. The summed E-state index contributed by atoms with van der Waals surface area (Å²) < 4.78 is 24.7. The minimum absolute atomic E-state index is 0.290. The molecule has 1 rings (SSSR count). The maximum Gasteiger partial charge on any atom is 0.226 e. The number of hydrogen-bond donors (Lipinski definition) is 1. The first-order valence-corrected chi connectivity index (χ1v) is 6.20. The highest BCUT2D eigenvalue weighted by molar-refractivity contribution is 7.90. The summed E-state index contributed by atoms with van der Waals surface area (Å²) in [6.07, 6.45) is 3.22. The maximum absolute atomic E-state index is 11.1. The zero-order valence-electron chi connectivity index (χ0n) is 7.64. The molecule has 78 valence electrons. The first kappa shape index (κ1) is 11.4. The van der Waals surface area contributed by atoms with E-state index in [4.69, 9.17) is 11.6 Å². The summed E-state index contributed by atoms with van der Waals surface area (Å²) in [6.45, 7) is 1.75. The molecule has 0 aromatic carbocycles.